The second kappa shape index (κ2) is 24.9. The summed E-state index contributed by atoms with van der Waals surface area (Å²) in [5.41, 5.74) is 5.71. The molecule has 378 valence electrons. The van der Waals surface area contributed by atoms with Crippen LogP contribution in [-0.2, 0) is 77.5 Å². The highest BCUT2D eigenvalue weighted by molar-refractivity contribution is 6.00. The van der Waals surface area contributed by atoms with E-state index in [1.54, 1.807) is 6.07 Å². The molecule has 0 spiro atoms. The lowest BCUT2D eigenvalue weighted by atomic mass is 9.84. The summed E-state index contributed by atoms with van der Waals surface area (Å²) < 4.78 is 55.3. The second-order valence-corrected chi connectivity index (χ2v) is 18.8. The molecule has 7 aromatic carbocycles. The first-order chi connectivity index (χ1) is 35.7. The maximum Gasteiger partial charge on any atom is 0.167 e. The number of phenols is 2. The van der Waals surface area contributed by atoms with Gasteiger partial charge in [0.25, 0.3) is 0 Å². The Hall–Kier alpha value is -6.51. The Morgan fingerprint density at radius 2 is 0.616 bits per heavy atom. The van der Waals surface area contributed by atoms with Crippen LogP contribution in [0.3, 0.4) is 0 Å². The van der Waals surface area contributed by atoms with Gasteiger partial charge in [0.2, 0.25) is 0 Å². The second-order valence-electron chi connectivity index (χ2n) is 18.8. The number of Topliss-reactive ketones (excluding diaryl/α,β-unsaturated/α-hetero) is 1. The normalized spacial score (nSPS) is 24.0. The molecule has 0 radical (unpaired) electrons. The molecule has 2 aliphatic rings. The molecular weight excluding hydrogens is 921 g/mol. The zero-order valence-electron chi connectivity index (χ0n) is 41.5. The first kappa shape index (κ1) is 51.4. The molecule has 0 unspecified atom stereocenters. The van der Waals surface area contributed by atoms with Crippen LogP contribution in [0.5, 0.6) is 11.5 Å². The van der Waals surface area contributed by atoms with Crippen molar-refractivity contribution in [2.75, 3.05) is 0 Å². The van der Waals surface area contributed by atoms with Gasteiger partial charge in [0.15, 0.2) is 5.78 Å². The number of benzene rings is 7. The van der Waals surface area contributed by atoms with Crippen molar-refractivity contribution in [2.45, 2.75) is 121 Å². The van der Waals surface area contributed by atoms with Crippen molar-refractivity contribution < 1.29 is 52.9 Å². The molecule has 2 saturated heterocycles. The summed E-state index contributed by atoms with van der Waals surface area (Å²) in [6, 6.07) is 60.7. The van der Waals surface area contributed by atoms with Gasteiger partial charge >= 0.3 is 0 Å². The van der Waals surface area contributed by atoms with E-state index in [0.29, 0.717) is 0 Å². The molecule has 2 aliphatic heterocycles. The van der Waals surface area contributed by atoms with E-state index in [1.165, 1.54) is 6.92 Å². The first-order valence-corrected chi connectivity index (χ1v) is 25.1. The highest BCUT2D eigenvalue weighted by atomic mass is 16.6. The number of hydrogen-bond donors (Lipinski definition) is 2. The zero-order valence-corrected chi connectivity index (χ0v) is 41.5. The van der Waals surface area contributed by atoms with Gasteiger partial charge < -0.3 is 48.1 Å². The van der Waals surface area contributed by atoms with Crippen molar-refractivity contribution >= 4 is 5.78 Å². The highest BCUT2D eigenvalue weighted by Crippen LogP contribution is 2.49. The maximum atomic E-state index is 13.9. The molecule has 0 bridgehead atoms. The lowest BCUT2D eigenvalue weighted by Gasteiger charge is -2.47. The Morgan fingerprint density at radius 1 is 0.384 bits per heavy atom. The fourth-order valence-corrected chi connectivity index (χ4v) is 9.80. The third-order valence-corrected chi connectivity index (χ3v) is 13.5. The van der Waals surface area contributed by atoms with Gasteiger partial charge in [-0.2, -0.15) is 0 Å². The van der Waals surface area contributed by atoms with Crippen LogP contribution < -0.4 is 0 Å². The van der Waals surface area contributed by atoms with E-state index in [4.69, 9.17) is 37.9 Å². The van der Waals surface area contributed by atoms with Crippen LogP contribution in [0.4, 0.5) is 0 Å². The predicted octanol–water partition coefficient (Wildman–Crippen LogP) is 11.7. The van der Waals surface area contributed by atoms with Crippen molar-refractivity contribution in [1.82, 2.24) is 0 Å². The molecule has 2 heterocycles. The van der Waals surface area contributed by atoms with Gasteiger partial charge in [-0.3, -0.25) is 4.79 Å². The number of hydrogen-bond acceptors (Lipinski definition) is 11. The summed E-state index contributed by atoms with van der Waals surface area (Å²) in [4.78, 5) is 13.9. The molecule has 73 heavy (non-hydrogen) atoms. The Kier molecular flexibility index (Phi) is 17.6. The number of ether oxygens (including phenoxy) is 8. The molecule has 0 saturated carbocycles. The molecule has 7 aromatic rings. The zero-order chi connectivity index (χ0) is 50.5. The molecule has 2 fully saturated rings. The summed E-state index contributed by atoms with van der Waals surface area (Å²) in [6.07, 6.45) is -8.10. The van der Waals surface area contributed by atoms with Crippen LogP contribution in [0.15, 0.2) is 188 Å². The maximum absolute atomic E-state index is 13.9. The van der Waals surface area contributed by atoms with Gasteiger partial charge in [-0.1, -0.05) is 182 Å². The fourth-order valence-electron chi connectivity index (χ4n) is 9.80. The SMILES string of the molecule is CC(=O)c1c(O)c([C@H]2O[C@@H](C)[C@@H](OCc3ccccc3)[C@@H](OCc3ccccc3)[C@@H]2OCc2ccccc2)cc([C@H]2O[C@@H](C)[C@@H](OCc3ccccc3)[C@@H](OCc3ccccc3)[C@@H]2OCc2ccccc2)c1O. The van der Waals surface area contributed by atoms with E-state index in [2.05, 4.69) is 0 Å². The van der Waals surface area contributed by atoms with Crippen LogP contribution >= 0.6 is 0 Å². The van der Waals surface area contributed by atoms with Gasteiger partial charge in [0, 0.05) is 11.1 Å². The van der Waals surface area contributed by atoms with Crippen LogP contribution in [0.2, 0.25) is 0 Å². The van der Waals surface area contributed by atoms with E-state index in [9.17, 15) is 15.0 Å². The highest BCUT2D eigenvalue weighted by Gasteiger charge is 2.51. The van der Waals surface area contributed by atoms with Crippen LogP contribution in [-0.4, -0.2) is 64.8 Å². The van der Waals surface area contributed by atoms with Gasteiger partial charge in [0.05, 0.1) is 51.8 Å². The summed E-state index contributed by atoms with van der Waals surface area (Å²) in [6.45, 7) is 6.42. The Balaban J connectivity index is 1.15. The number of ketones is 1. The molecule has 0 amide bonds. The number of rotatable bonds is 21. The van der Waals surface area contributed by atoms with Crippen molar-refractivity contribution in [3.05, 3.63) is 238 Å². The van der Waals surface area contributed by atoms with Gasteiger partial charge in [0.1, 0.15) is 65.9 Å². The molecule has 9 rings (SSSR count). The third kappa shape index (κ3) is 12.8. The Bertz CT molecular complexity index is 2600. The minimum Gasteiger partial charge on any atom is -0.507 e. The van der Waals surface area contributed by atoms with Crippen molar-refractivity contribution in [3.63, 3.8) is 0 Å². The number of aromatic hydroxyl groups is 2. The van der Waals surface area contributed by atoms with Crippen molar-refractivity contribution in [1.29, 1.82) is 0 Å². The largest absolute Gasteiger partial charge is 0.507 e. The van der Waals surface area contributed by atoms with E-state index >= 15 is 0 Å². The van der Waals surface area contributed by atoms with E-state index in [1.807, 2.05) is 196 Å². The molecular formula is C62H64O11. The molecule has 2 N–H and O–H groups in total. The fraction of sp³-hybridized carbons (Fsp3) is 0.306. The average molecular weight is 985 g/mol. The predicted molar refractivity (Wildman–Crippen MR) is 276 cm³/mol. The number of phenolic OH excluding ortho intramolecular Hbond substituents is 2. The quantitative estimate of drug-likeness (QED) is 0.0667. The monoisotopic (exact) mass is 984 g/mol. The summed E-state index contributed by atoms with van der Waals surface area (Å²) >= 11 is 0. The lowest BCUT2D eigenvalue weighted by molar-refractivity contribution is -0.265. The van der Waals surface area contributed by atoms with Crippen LogP contribution in [0, 0.1) is 0 Å². The minimum absolute atomic E-state index is 0.158. The molecule has 0 aliphatic carbocycles. The Labute approximate surface area is 428 Å². The first-order valence-electron chi connectivity index (χ1n) is 25.1. The Morgan fingerprint density at radius 3 is 0.863 bits per heavy atom. The number of carbonyl (C=O) groups is 1. The molecule has 0 aromatic heterocycles. The van der Waals surface area contributed by atoms with Gasteiger partial charge in [-0.15, -0.1) is 0 Å². The van der Waals surface area contributed by atoms with Gasteiger partial charge in [-0.25, -0.2) is 0 Å². The van der Waals surface area contributed by atoms with E-state index < -0.39 is 78.3 Å². The molecule has 11 heteroatoms. The average Bonchev–Trinajstić information content (AvgIpc) is 3.42. The minimum atomic E-state index is -1.06. The summed E-state index contributed by atoms with van der Waals surface area (Å²) in [7, 11) is 0. The smallest absolute Gasteiger partial charge is 0.167 e. The lowest BCUT2D eigenvalue weighted by Crippen LogP contribution is -2.56. The standard InChI is InChI=1S/C62H64O11/c1-41(63)52-53(64)50(57-61(70-39-48-30-18-8-19-31-48)59(68-37-46-26-14-6-15-27-46)55(42(2)72-57)66-35-44-22-10-4-11-23-44)34-51(54(52)65)58-62(71-40-49-32-20-9-21-33-49)60(69-38-47-28-16-7-17-29-47)56(43(3)73-58)67-36-45-24-12-5-13-25-45/h4-34,42-43,55-62,64-65H,35-40H2,1-3H3/t42-,43-,55+,56+,57+,58+,59+,60+,61+,62+/m0/s1. The van der Waals surface area contributed by atoms with E-state index in [-0.39, 0.29) is 56.3 Å². The summed E-state index contributed by atoms with van der Waals surface area (Å²) in [5.74, 6) is -1.47. The van der Waals surface area contributed by atoms with Gasteiger partial charge in [-0.05, 0) is 60.2 Å². The topological polar surface area (TPSA) is 131 Å². The summed E-state index contributed by atoms with van der Waals surface area (Å²) in [5, 5.41) is 24.9. The van der Waals surface area contributed by atoms with E-state index in [0.717, 1.165) is 33.4 Å². The van der Waals surface area contributed by atoms with Crippen LogP contribution in [0.25, 0.3) is 0 Å². The third-order valence-electron chi connectivity index (χ3n) is 13.5. The molecule has 11 nitrogen and oxygen atoms in total. The number of carbonyl (C=O) groups excluding carboxylic acids is 1. The molecule has 10 atom stereocenters. The van der Waals surface area contributed by atoms with Crippen molar-refractivity contribution in [3.8, 4) is 11.5 Å². The van der Waals surface area contributed by atoms with Crippen LogP contribution in [0.1, 0.15) is 87.8 Å². The van der Waals surface area contributed by atoms with Crippen molar-refractivity contribution in [2.24, 2.45) is 0 Å².